The minimum atomic E-state index is -5.17. The lowest BCUT2D eigenvalue weighted by molar-refractivity contribution is -0.236. The molecule has 53 heavy (non-hydrogen) atoms. The van der Waals surface area contributed by atoms with E-state index < -0.39 is 103 Å². The molecule has 1 fully saturated rings. The normalized spacial score (nSPS) is 18.6. The van der Waals surface area contributed by atoms with Gasteiger partial charge in [0.25, 0.3) is 5.56 Å². The summed E-state index contributed by atoms with van der Waals surface area (Å²) < 4.78 is 133. The van der Waals surface area contributed by atoms with Crippen LogP contribution >= 0.6 is 0 Å². The number of aromatic nitrogens is 1. The summed E-state index contributed by atoms with van der Waals surface area (Å²) in [5.41, 5.74) is -3.45. The van der Waals surface area contributed by atoms with Crippen LogP contribution in [0, 0.1) is 5.41 Å². The summed E-state index contributed by atoms with van der Waals surface area (Å²) in [5.74, 6) is -3.72. The van der Waals surface area contributed by atoms with E-state index in [1.54, 1.807) is 32.3 Å². The molecule has 2 heterocycles. The number of carbonyl (C=O) groups is 2. The Morgan fingerprint density at radius 2 is 1.68 bits per heavy atom. The Balaban J connectivity index is 1.49. The fourth-order valence-corrected chi connectivity index (χ4v) is 7.76. The molecule has 2 atom stereocenters. The Labute approximate surface area is 298 Å². The molecule has 2 aromatic carbocycles. The van der Waals surface area contributed by atoms with Gasteiger partial charge in [-0.05, 0) is 81.2 Å². The largest absolute Gasteiger partial charge is 0.467 e. The van der Waals surface area contributed by atoms with E-state index in [1.807, 2.05) is 4.90 Å². The maximum absolute atomic E-state index is 14.9. The standard InChI is InChI=1S/C36H39F9N4O4/c1-47(2)18-20-8-9-25-27(16-20)48(3)30(50)28(29(25)35(40,41)42)24-11-10-22-21(6-5-7-23(22)24)17-26(31(51)53-4)46-32(52)33(36(43,44)45)12-14-49(15-13-33)19-34(37,38)39/h5-9,16,24,26H,10-15,17-19H2,1-4H3,(H,46,52)/t24-,26+/m1/s1. The fraction of sp³-hybridized carbons (Fsp3) is 0.528. The molecule has 0 unspecified atom stereocenters. The summed E-state index contributed by atoms with van der Waals surface area (Å²) in [6.45, 7) is -2.36. The van der Waals surface area contributed by atoms with Crippen molar-refractivity contribution in [2.24, 2.45) is 12.5 Å². The van der Waals surface area contributed by atoms with Crippen molar-refractivity contribution in [3.63, 3.8) is 0 Å². The average Bonchev–Trinajstić information content (AvgIpc) is 3.48. The van der Waals surface area contributed by atoms with E-state index >= 15 is 0 Å². The summed E-state index contributed by atoms with van der Waals surface area (Å²) in [7, 11) is 5.96. The predicted octanol–water partition coefficient (Wildman–Crippen LogP) is 6.10. The molecule has 1 saturated heterocycles. The van der Waals surface area contributed by atoms with Crippen molar-refractivity contribution < 1.29 is 53.8 Å². The molecule has 0 bridgehead atoms. The lowest BCUT2D eigenvalue weighted by atomic mass is 9.76. The Morgan fingerprint density at radius 1 is 1.02 bits per heavy atom. The SMILES string of the molecule is COC(=O)[C@H](Cc1cccc2c1CC[C@H]2c1c(C(F)(F)F)c2ccc(CN(C)C)cc2n(C)c1=O)NC(=O)C1(C(F)(F)F)CCN(CC(F)(F)F)CC1. The molecule has 1 aliphatic carbocycles. The van der Waals surface area contributed by atoms with Crippen LogP contribution in [-0.2, 0) is 46.9 Å². The molecule has 3 aromatic rings. The van der Waals surface area contributed by atoms with Crippen molar-refractivity contribution in [1.29, 1.82) is 0 Å². The number of fused-ring (bicyclic) bond motifs is 2. The van der Waals surface area contributed by atoms with E-state index in [9.17, 15) is 53.9 Å². The maximum atomic E-state index is 14.9. The summed E-state index contributed by atoms with van der Waals surface area (Å²) in [6.07, 6.45) is -16.9. The van der Waals surface area contributed by atoms with E-state index in [2.05, 4.69) is 5.32 Å². The van der Waals surface area contributed by atoms with Crippen LogP contribution in [0.5, 0.6) is 0 Å². The third-order valence-electron chi connectivity index (χ3n) is 10.3. The maximum Gasteiger partial charge on any atom is 0.417 e. The second-order valence-corrected chi connectivity index (χ2v) is 14.0. The van der Waals surface area contributed by atoms with Crippen LogP contribution in [0.15, 0.2) is 41.2 Å². The monoisotopic (exact) mass is 762 g/mol. The van der Waals surface area contributed by atoms with Crippen molar-refractivity contribution in [3.8, 4) is 0 Å². The summed E-state index contributed by atoms with van der Waals surface area (Å²) in [5, 5.41) is 1.98. The number of benzene rings is 2. The second kappa shape index (κ2) is 14.6. The van der Waals surface area contributed by atoms with Crippen LogP contribution in [0.4, 0.5) is 39.5 Å². The van der Waals surface area contributed by atoms with Crippen molar-refractivity contribution in [3.05, 3.63) is 80.1 Å². The zero-order valence-electron chi connectivity index (χ0n) is 29.4. The highest BCUT2D eigenvalue weighted by atomic mass is 19.4. The summed E-state index contributed by atoms with van der Waals surface area (Å²) >= 11 is 0. The molecule has 1 aromatic heterocycles. The van der Waals surface area contributed by atoms with E-state index in [-0.39, 0.29) is 23.7 Å². The number of piperidine rings is 1. The minimum Gasteiger partial charge on any atom is -0.467 e. The Hall–Kier alpha value is -4.12. The number of aryl methyl sites for hydroxylation is 1. The topological polar surface area (TPSA) is 83.9 Å². The molecule has 1 N–H and O–H groups in total. The van der Waals surface area contributed by atoms with Gasteiger partial charge in [-0.3, -0.25) is 14.5 Å². The smallest absolute Gasteiger partial charge is 0.417 e. The van der Waals surface area contributed by atoms with Crippen LogP contribution < -0.4 is 10.9 Å². The molecule has 8 nitrogen and oxygen atoms in total. The van der Waals surface area contributed by atoms with Crippen molar-refractivity contribution in [2.75, 3.05) is 40.8 Å². The number of esters is 1. The Kier molecular flexibility index (Phi) is 11.0. The lowest BCUT2D eigenvalue weighted by Crippen LogP contribution is -2.59. The van der Waals surface area contributed by atoms with Gasteiger partial charge in [-0.25, -0.2) is 4.79 Å². The first-order valence-corrected chi connectivity index (χ1v) is 16.8. The quantitative estimate of drug-likeness (QED) is 0.210. The fourth-order valence-electron chi connectivity index (χ4n) is 7.76. The van der Waals surface area contributed by atoms with E-state index in [1.165, 1.54) is 29.8 Å². The van der Waals surface area contributed by atoms with Gasteiger partial charge in [0.1, 0.15) is 11.5 Å². The third kappa shape index (κ3) is 8.05. The van der Waals surface area contributed by atoms with Gasteiger partial charge in [0, 0.05) is 36.9 Å². The number of ether oxygens (including phenoxy) is 1. The number of methoxy groups -OCH3 is 1. The van der Waals surface area contributed by atoms with Gasteiger partial charge in [0.05, 0.1) is 24.7 Å². The molecule has 5 rings (SSSR count). The van der Waals surface area contributed by atoms with Gasteiger partial charge in [-0.15, -0.1) is 0 Å². The number of pyridine rings is 1. The zero-order chi connectivity index (χ0) is 39.3. The number of nitrogens with one attached hydrogen (secondary N) is 1. The number of rotatable bonds is 9. The van der Waals surface area contributed by atoms with E-state index in [4.69, 9.17) is 4.74 Å². The molecule has 1 amide bonds. The molecule has 0 radical (unpaired) electrons. The van der Waals surface area contributed by atoms with Crippen molar-refractivity contribution in [1.82, 2.24) is 19.7 Å². The van der Waals surface area contributed by atoms with E-state index in [0.717, 1.165) is 12.0 Å². The highest BCUT2D eigenvalue weighted by Gasteiger charge is 2.61. The molecule has 290 valence electrons. The van der Waals surface area contributed by atoms with Crippen LogP contribution in [0.2, 0.25) is 0 Å². The van der Waals surface area contributed by atoms with Gasteiger partial charge in [0.15, 0.2) is 0 Å². The van der Waals surface area contributed by atoms with Gasteiger partial charge in [0.2, 0.25) is 5.91 Å². The molecule has 17 heteroatoms. The number of amides is 1. The number of hydrogen-bond donors (Lipinski definition) is 1. The summed E-state index contributed by atoms with van der Waals surface area (Å²) in [4.78, 5) is 42.8. The number of likely N-dealkylation sites (tertiary alicyclic amines) is 1. The number of alkyl halides is 9. The molecule has 1 aliphatic heterocycles. The number of halogens is 9. The van der Waals surface area contributed by atoms with Crippen molar-refractivity contribution in [2.45, 2.75) is 69.1 Å². The minimum absolute atomic E-state index is 0.0791. The first-order chi connectivity index (χ1) is 24.6. The third-order valence-corrected chi connectivity index (χ3v) is 10.3. The molecular weight excluding hydrogens is 723 g/mol. The number of hydrogen-bond acceptors (Lipinski definition) is 6. The average molecular weight is 763 g/mol. The van der Waals surface area contributed by atoms with Gasteiger partial charge in [-0.2, -0.15) is 39.5 Å². The van der Waals surface area contributed by atoms with Crippen molar-refractivity contribution >= 4 is 22.8 Å². The first-order valence-electron chi connectivity index (χ1n) is 16.8. The summed E-state index contributed by atoms with van der Waals surface area (Å²) in [6, 6.07) is 7.36. The van der Waals surface area contributed by atoms with Crippen LogP contribution in [0.25, 0.3) is 10.9 Å². The van der Waals surface area contributed by atoms with Crippen LogP contribution in [-0.4, -0.2) is 85.5 Å². The molecule has 0 saturated carbocycles. The predicted molar refractivity (Wildman–Crippen MR) is 176 cm³/mol. The highest BCUT2D eigenvalue weighted by Crippen LogP contribution is 2.48. The Morgan fingerprint density at radius 3 is 2.25 bits per heavy atom. The van der Waals surface area contributed by atoms with Crippen LogP contribution in [0.3, 0.4) is 0 Å². The molecular formula is C36H39F9N4O4. The Bertz CT molecular complexity index is 1930. The lowest BCUT2D eigenvalue weighted by Gasteiger charge is -2.42. The number of carbonyl (C=O) groups excluding carboxylic acids is 2. The van der Waals surface area contributed by atoms with E-state index in [0.29, 0.717) is 28.8 Å². The first kappa shape index (κ1) is 40.1. The van der Waals surface area contributed by atoms with Gasteiger partial charge in [-0.1, -0.05) is 30.3 Å². The molecule has 2 aliphatic rings. The van der Waals surface area contributed by atoms with Crippen LogP contribution in [0.1, 0.15) is 58.6 Å². The number of nitrogens with zero attached hydrogens (tertiary/aromatic N) is 3. The molecule has 0 spiro atoms. The van der Waals surface area contributed by atoms with Gasteiger partial charge >= 0.3 is 24.5 Å². The second-order valence-electron chi connectivity index (χ2n) is 14.0. The highest BCUT2D eigenvalue weighted by molar-refractivity contribution is 5.89. The van der Waals surface area contributed by atoms with Gasteiger partial charge < -0.3 is 19.5 Å². The zero-order valence-corrected chi connectivity index (χ0v) is 29.4.